The van der Waals surface area contributed by atoms with Crippen molar-refractivity contribution < 1.29 is 4.79 Å². The highest BCUT2D eigenvalue weighted by molar-refractivity contribution is 6.07. The van der Waals surface area contributed by atoms with Gasteiger partial charge in [-0.15, -0.1) is 0 Å². The molecule has 0 bridgehead atoms. The molecule has 2 N–H and O–H groups in total. The Balaban J connectivity index is 2.40. The number of pyridine rings is 1. The van der Waals surface area contributed by atoms with Crippen molar-refractivity contribution in [2.75, 3.05) is 6.54 Å². The molecule has 0 aliphatic heterocycles. The molecular formula is C13H14N2O. The minimum absolute atomic E-state index is 0.155. The molecule has 0 radical (unpaired) electrons. The van der Waals surface area contributed by atoms with Crippen LogP contribution >= 0.6 is 0 Å². The largest absolute Gasteiger partial charge is 0.330 e. The van der Waals surface area contributed by atoms with E-state index in [0.717, 1.165) is 22.8 Å². The van der Waals surface area contributed by atoms with Gasteiger partial charge >= 0.3 is 0 Å². The van der Waals surface area contributed by atoms with E-state index in [0.29, 0.717) is 13.0 Å². The van der Waals surface area contributed by atoms with Gasteiger partial charge in [0.2, 0.25) is 0 Å². The molecule has 0 saturated carbocycles. The fraction of sp³-hybridized carbons (Fsp3) is 0.231. The first-order valence-corrected chi connectivity index (χ1v) is 5.39. The van der Waals surface area contributed by atoms with E-state index in [1.54, 1.807) is 12.4 Å². The number of ketones is 1. The Bertz CT molecular complexity index is 503. The van der Waals surface area contributed by atoms with Crippen molar-refractivity contribution in [1.29, 1.82) is 0 Å². The number of nitrogens with zero attached hydrogens (tertiary/aromatic N) is 1. The van der Waals surface area contributed by atoms with Crippen LogP contribution in [0.3, 0.4) is 0 Å². The summed E-state index contributed by atoms with van der Waals surface area (Å²) in [5.41, 5.74) is 6.18. The van der Waals surface area contributed by atoms with Gasteiger partial charge < -0.3 is 5.73 Å². The molecular weight excluding hydrogens is 200 g/mol. The van der Waals surface area contributed by atoms with E-state index in [1.807, 2.05) is 24.3 Å². The molecule has 0 aliphatic rings. The van der Waals surface area contributed by atoms with Gasteiger partial charge in [0.25, 0.3) is 0 Å². The highest BCUT2D eigenvalue weighted by Gasteiger charge is 2.08. The molecule has 0 fully saturated rings. The predicted molar refractivity (Wildman–Crippen MR) is 64.4 cm³/mol. The molecule has 16 heavy (non-hydrogen) atoms. The van der Waals surface area contributed by atoms with Crippen LogP contribution in [-0.4, -0.2) is 17.3 Å². The number of benzene rings is 1. The SMILES string of the molecule is NCCCC(=O)c1cccc2cnccc12. The van der Waals surface area contributed by atoms with Gasteiger partial charge in [-0.05, 0) is 24.4 Å². The molecule has 0 aliphatic carbocycles. The molecule has 3 heteroatoms. The maximum atomic E-state index is 11.9. The molecule has 0 amide bonds. The Labute approximate surface area is 94.3 Å². The van der Waals surface area contributed by atoms with Crippen molar-refractivity contribution in [3.8, 4) is 0 Å². The predicted octanol–water partition coefficient (Wildman–Crippen LogP) is 2.16. The summed E-state index contributed by atoms with van der Waals surface area (Å²) >= 11 is 0. The summed E-state index contributed by atoms with van der Waals surface area (Å²) in [5, 5.41) is 1.97. The third kappa shape index (κ3) is 2.09. The molecule has 0 unspecified atom stereocenters. The average molecular weight is 214 g/mol. The molecule has 2 aromatic rings. The zero-order valence-electron chi connectivity index (χ0n) is 9.02. The van der Waals surface area contributed by atoms with Gasteiger partial charge in [-0.1, -0.05) is 18.2 Å². The number of fused-ring (bicyclic) bond motifs is 1. The van der Waals surface area contributed by atoms with E-state index in [2.05, 4.69) is 4.98 Å². The number of carbonyl (C=O) groups is 1. The summed E-state index contributed by atoms with van der Waals surface area (Å²) in [6.45, 7) is 0.554. The van der Waals surface area contributed by atoms with Crippen molar-refractivity contribution in [1.82, 2.24) is 4.98 Å². The van der Waals surface area contributed by atoms with E-state index in [-0.39, 0.29) is 5.78 Å². The van der Waals surface area contributed by atoms with Gasteiger partial charge in [-0.25, -0.2) is 0 Å². The Morgan fingerprint density at radius 1 is 1.31 bits per heavy atom. The molecule has 0 spiro atoms. The quantitative estimate of drug-likeness (QED) is 0.793. The van der Waals surface area contributed by atoms with Crippen LogP contribution in [0.15, 0.2) is 36.7 Å². The molecule has 1 heterocycles. The Morgan fingerprint density at radius 3 is 3.00 bits per heavy atom. The second-order valence-electron chi connectivity index (χ2n) is 3.72. The van der Waals surface area contributed by atoms with Crippen LogP contribution in [0.25, 0.3) is 10.8 Å². The number of hydrogen-bond acceptors (Lipinski definition) is 3. The van der Waals surface area contributed by atoms with Crippen molar-refractivity contribution >= 4 is 16.6 Å². The van der Waals surface area contributed by atoms with Crippen molar-refractivity contribution in [2.24, 2.45) is 5.73 Å². The zero-order valence-corrected chi connectivity index (χ0v) is 9.02. The fourth-order valence-corrected chi connectivity index (χ4v) is 1.76. The van der Waals surface area contributed by atoms with Crippen LogP contribution in [0.4, 0.5) is 0 Å². The molecule has 0 atom stereocenters. The van der Waals surface area contributed by atoms with Gasteiger partial charge in [0.15, 0.2) is 5.78 Å². The summed E-state index contributed by atoms with van der Waals surface area (Å²) in [5.74, 6) is 0.155. The first kappa shape index (κ1) is 10.8. The van der Waals surface area contributed by atoms with Crippen LogP contribution in [0.2, 0.25) is 0 Å². The van der Waals surface area contributed by atoms with Gasteiger partial charge in [-0.3, -0.25) is 9.78 Å². The summed E-state index contributed by atoms with van der Waals surface area (Å²) < 4.78 is 0. The van der Waals surface area contributed by atoms with E-state index < -0.39 is 0 Å². The number of Topliss-reactive ketones (excluding diaryl/α,β-unsaturated/α-hetero) is 1. The van der Waals surface area contributed by atoms with Crippen molar-refractivity contribution in [3.05, 3.63) is 42.2 Å². The number of rotatable bonds is 4. The van der Waals surface area contributed by atoms with Gasteiger partial charge in [-0.2, -0.15) is 0 Å². The summed E-state index contributed by atoms with van der Waals surface area (Å²) in [4.78, 5) is 16.0. The van der Waals surface area contributed by atoms with Crippen LogP contribution in [0.1, 0.15) is 23.2 Å². The topological polar surface area (TPSA) is 56.0 Å². The number of hydrogen-bond donors (Lipinski definition) is 1. The van der Waals surface area contributed by atoms with Crippen molar-refractivity contribution in [2.45, 2.75) is 12.8 Å². The maximum Gasteiger partial charge on any atom is 0.163 e. The first-order valence-electron chi connectivity index (χ1n) is 5.39. The fourth-order valence-electron chi connectivity index (χ4n) is 1.76. The summed E-state index contributed by atoms with van der Waals surface area (Å²) in [6, 6.07) is 7.59. The van der Waals surface area contributed by atoms with Crippen LogP contribution in [-0.2, 0) is 0 Å². The minimum Gasteiger partial charge on any atom is -0.330 e. The van der Waals surface area contributed by atoms with Crippen molar-refractivity contribution in [3.63, 3.8) is 0 Å². The van der Waals surface area contributed by atoms with E-state index in [9.17, 15) is 4.79 Å². The lowest BCUT2D eigenvalue weighted by molar-refractivity contribution is 0.0982. The maximum absolute atomic E-state index is 11.9. The summed E-state index contributed by atoms with van der Waals surface area (Å²) in [6.07, 6.45) is 4.73. The molecule has 1 aromatic carbocycles. The number of carbonyl (C=O) groups excluding carboxylic acids is 1. The monoisotopic (exact) mass is 214 g/mol. The standard InChI is InChI=1S/C13H14N2O/c14-7-2-5-13(16)12-4-1-3-10-9-15-8-6-11(10)12/h1,3-4,6,8-9H,2,5,7,14H2. The Kier molecular flexibility index (Phi) is 3.27. The third-order valence-corrected chi connectivity index (χ3v) is 2.59. The lowest BCUT2D eigenvalue weighted by atomic mass is 10.0. The summed E-state index contributed by atoms with van der Waals surface area (Å²) in [7, 11) is 0. The smallest absolute Gasteiger partial charge is 0.163 e. The molecule has 3 nitrogen and oxygen atoms in total. The second-order valence-corrected chi connectivity index (χ2v) is 3.72. The molecule has 0 saturated heterocycles. The molecule has 2 rings (SSSR count). The van der Waals surface area contributed by atoms with Crippen LogP contribution < -0.4 is 5.73 Å². The average Bonchev–Trinajstić information content (AvgIpc) is 2.35. The van der Waals surface area contributed by atoms with Gasteiger partial charge in [0.05, 0.1) is 0 Å². The second kappa shape index (κ2) is 4.86. The van der Waals surface area contributed by atoms with E-state index >= 15 is 0 Å². The van der Waals surface area contributed by atoms with Gasteiger partial charge in [0.1, 0.15) is 0 Å². The Morgan fingerprint density at radius 2 is 2.19 bits per heavy atom. The molecule has 1 aromatic heterocycles. The van der Waals surface area contributed by atoms with E-state index in [4.69, 9.17) is 5.73 Å². The third-order valence-electron chi connectivity index (χ3n) is 2.59. The highest BCUT2D eigenvalue weighted by atomic mass is 16.1. The van der Waals surface area contributed by atoms with Crippen LogP contribution in [0.5, 0.6) is 0 Å². The van der Waals surface area contributed by atoms with Gasteiger partial charge in [0, 0.05) is 29.8 Å². The first-order chi connectivity index (χ1) is 7.83. The van der Waals surface area contributed by atoms with E-state index in [1.165, 1.54) is 0 Å². The highest BCUT2D eigenvalue weighted by Crippen LogP contribution is 2.19. The number of nitrogens with two attached hydrogens (primary N) is 1. The minimum atomic E-state index is 0.155. The normalized spacial score (nSPS) is 10.6. The molecule has 82 valence electrons. The zero-order chi connectivity index (χ0) is 11.4. The Hall–Kier alpha value is -1.74. The number of aromatic nitrogens is 1. The van der Waals surface area contributed by atoms with Crippen LogP contribution in [0, 0.1) is 0 Å². The lowest BCUT2D eigenvalue weighted by Crippen LogP contribution is -2.05. The lowest BCUT2D eigenvalue weighted by Gasteiger charge is -2.04.